The molecule has 0 aliphatic heterocycles. The highest BCUT2D eigenvalue weighted by atomic mass is 35.7. The molecule has 0 N–H and O–H groups in total. The fraction of sp³-hybridized carbons (Fsp3) is 0.500. The van der Waals surface area contributed by atoms with Crippen molar-refractivity contribution in [1.82, 2.24) is 4.90 Å². The van der Waals surface area contributed by atoms with Crippen molar-refractivity contribution in [2.45, 2.75) is 32.1 Å². The lowest BCUT2D eigenvalue weighted by Crippen LogP contribution is -2.29. The highest BCUT2D eigenvalue weighted by molar-refractivity contribution is 8.13. The molecular weight excluding hydrogens is 298 g/mol. The number of rotatable bonds is 5. The van der Waals surface area contributed by atoms with Crippen molar-refractivity contribution in [3.8, 4) is 0 Å². The van der Waals surface area contributed by atoms with Crippen LogP contribution in [0.15, 0.2) is 23.1 Å². The molecule has 0 aliphatic rings. The highest BCUT2D eigenvalue weighted by Crippen LogP contribution is 2.22. The Bertz CT molecular complexity index is 596. The summed E-state index contributed by atoms with van der Waals surface area (Å²) in [7, 11) is 3.12. The fourth-order valence-corrected chi connectivity index (χ4v) is 2.83. The van der Waals surface area contributed by atoms with Gasteiger partial charge in [-0.3, -0.25) is 4.79 Å². The van der Waals surface area contributed by atoms with Gasteiger partial charge in [-0.25, -0.2) is 8.42 Å². The van der Waals surface area contributed by atoms with Crippen LogP contribution in [0.3, 0.4) is 0 Å². The molecule has 0 saturated carbocycles. The lowest BCUT2D eigenvalue weighted by molar-refractivity contribution is 0.0785. The Balaban J connectivity index is 3.12. The second-order valence-corrected chi connectivity index (χ2v) is 7.88. The van der Waals surface area contributed by atoms with Crippen LogP contribution in [-0.2, 0) is 9.05 Å². The van der Waals surface area contributed by atoms with Crippen LogP contribution in [0, 0.1) is 12.8 Å². The zero-order chi connectivity index (χ0) is 15.5. The molecule has 0 bridgehead atoms. The second-order valence-electron chi connectivity index (χ2n) is 5.35. The number of carbonyl (C=O) groups excluding carboxylic acids is 1. The monoisotopic (exact) mass is 317 g/mol. The summed E-state index contributed by atoms with van der Waals surface area (Å²) in [4.78, 5) is 13.8. The minimum atomic E-state index is -3.94. The van der Waals surface area contributed by atoms with E-state index < -0.39 is 9.05 Å². The molecule has 0 radical (unpaired) electrons. The summed E-state index contributed by atoms with van der Waals surface area (Å²) >= 11 is 0. The van der Waals surface area contributed by atoms with Gasteiger partial charge in [0.05, 0.1) is 10.5 Å². The maximum atomic E-state index is 12.4. The van der Waals surface area contributed by atoms with E-state index >= 15 is 0 Å². The van der Waals surface area contributed by atoms with Gasteiger partial charge in [0.15, 0.2) is 0 Å². The highest BCUT2D eigenvalue weighted by Gasteiger charge is 2.22. The molecule has 0 atom stereocenters. The number of carbonyl (C=O) groups is 1. The number of benzene rings is 1. The van der Waals surface area contributed by atoms with Crippen molar-refractivity contribution < 1.29 is 13.2 Å². The van der Waals surface area contributed by atoms with Gasteiger partial charge in [0.25, 0.3) is 15.0 Å². The zero-order valence-electron chi connectivity index (χ0n) is 12.2. The van der Waals surface area contributed by atoms with E-state index in [2.05, 4.69) is 13.8 Å². The Kier molecular flexibility index (Phi) is 5.59. The summed E-state index contributed by atoms with van der Waals surface area (Å²) in [6, 6.07) is 4.56. The fourth-order valence-electron chi connectivity index (χ4n) is 1.78. The normalized spacial score (nSPS) is 11.7. The van der Waals surface area contributed by atoms with Gasteiger partial charge in [-0.1, -0.05) is 25.5 Å². The number of amides is 1. The summed E-state index contributed by atoms with van der Waals surface area (Å²) < 4.78 is 23.1. The number of aryl methyl sites for hydroxylation is 1. The molecule has 0 aliphatic carbocycles. The Morgan fingerprint density at radius 2 is 1.95 bits per heavy atom. The predicted molar refractivity (Wildman–Crippen MR) is 80.6 cm³/mol. The third-order valence-electron chi connectivity index (χ3n) is 3.02. The molecule has 0 unspecified atom stereocenters. The van der Waals surface area contributed by atoms with Crippen molar-refractivity contribution in [2.24, 2.45) is 5.92 Å². The SMILES string of the molecule is Cc1ccc(S(=O)(=O)Cl)c(C(=O)N(C)CCC(C)C)c1. The largest absolute Gasteiger partial charge is 0.342 e. The van der Waals surface area contributed by atoms with Crippen molar-refractivity contribution >= 4 is 25.6 Å². The van der Waals surface area contributed by atoms with Gasteiger partial charge in [0.1, 0.15) is 0 Å². The molecular formula is C14H20ClNO3S. The molecule has 1 aromatic rings. The van der Waals surface area contributed by atoms with E-state index in [1.807, 2.05) is 0 Å². The van der Waals surface area contributed by atoms with Gasteiger partial charge >= 0.3 is 0 Å². The van der Waals surface area contributed by atoms with Crippen LogP contribution in [0.4, 0.5) is 0 Å². The second kappa shape index (κ2) is 6.59. The molecule has 4 nitrogen and oxygen atoms in total. The Morgan fingerprint density at radius 1 is 1.35 bits per heavy atom. The van der Waals surface area contributed by atoms with Crippen LogP contribution in [0.5, 0.6) is 0 Å². The number of hydrogen-bond acceptors (Lipinski definition) is 3. The van der Waals surface area contributed by atoms with Gasteiger partial charge in [0, 0.05) is 24.3 Å². The standard InChI is InChI=1S/C14H20ClNO3S/c1-10(2)7-8-16(4)14(17)12-9-11(3)5-6-13(12)20(15,18)19/h5-6,9-10H,7-8H2,1-4H3. The smallest absolute Gasteiger partial charge is 0.262 e. The Hall–Kier alpha value is -1.07. The number of nitrogens with zero attached hydrogens (tertiary/aromatic N) is 1. The molecule has 0 saturated heterocycles. The first-order valence-corrected chi connectivity index (χ1v) is 8.74. The summed E-state index contributed by atoms with van der Waals surface area (Å²) in [5.74, 6) is 0.146. The quantitative estimate of drug-likeness (QED) is 0.784. The Morgan fingerprint density at radius 3 is 2.45 bits per heavy atom. The van der Waals surface area contributed by atoms with Crippen molar-refractivity contribution in [3.63, 3.8) is 0 Å². The first-order valence-electron chi connectivity index (χ1n) is 6.43. The van der Waals surface area contributed by atoms with Gasteiger partial charge in [-0.05, 0) is 31.4 Å². The first-order chi connectivity index (χ1) is 9.12. The van der Waals surface area contributed by atoms with Crippen LogP contribution in [0.1, 0.15) is 36.2 Å². The first kappa shape index (κ1) is 17.0. The average molecular weight is 318 g/mol. The van der Waals surface area contributed by atoms with Crippen LogP contribution in [-0.4, -0.2) is 32.8 Å². The molecule has 0 spiro atoms. The Labute approximate surface area is 125 Å². The molecule has 6 heteroatoms. The summed E-state index contributed by atoms with van der Waals surface area (Å²) in [6.07, 6.45) is 0.858. The summed E-state index contributed by atoms with van der Waals surface area (Å²) in [5, 5.41) is 0. The van der Waals surface area contributed by atoms with Crippen LogP contribution in [0.2, 0.25) is 0 Å². The molecule has 20 heavy (non-hydrogen) atoms. The van der Waals surface area contributed by atoms with Crippen LogP contribution in [0.25, 0.3) is 0 Å². The molecule has 0 aromatic heterocycles. The van der Waals surface area contributed by atoms with Gasteiger partial charge in [-0.15, -0.1) is 0 Å². The topological polar surface area (TPSA) is 54.5 Å². The molecule has 1 aromatic carbocycles. The minimum absolute atomic E-state index is 0.131. The van der Waals surface area contributed by atoms with Crippen molar-refractivity contribution in [3.05, 3.63) is 29.3 Å². The van der Waals surface area contributed by atoms with Gasteiger partial charge in [0.2, 0.25) is 0 Å². The van der Waals surface area contributed by atoms with E-state index in [-0.39, 0.29) is 16.4 Å². The van der Waals surface area contributed by atoms with Crippen molar-refractivity contribution in [2.75, 3.05) is 13.6 Å². The van der Waals surface area contributed by atoms with Crippen molar-refractivity contribution in [1.29, 1.82) is 0 Å². The molecule has 1 rings (SSSR count). The van der Waals surface area contributed by atoms with E-state index in [9.17, 15) is 13.2 Å². The maximum Gasteiger partial charge on any atom is 0.262 e. The summed E-state index contributed by atoms with van der Waals surface area (Å²) in [5.41, 5.74) is 0.945. The van der Waals surface area contributed by atoms with Crippen LogP contribution < -0.4 is 0 Å². The van der Waals surface area contributed by atoms with Crippen LogP contribution >= 0.6 is 10.7 Å². The molecule has 0 heterocycles. The lowest BCUT2D eigenvalue weighted by atomic mass is 10.1. The number of halogens is 1. The summed E-state index contributed by atoms with van der Waals surface area (Å²) in [6.45, 7) is 6.51. The molecule has 112 valence electrons. The van der Waals surface area contributed by atoms with Gasteiger partial charge in [-0.2, -0.15) is 0 Å². The van der Waals surface area contributed by atoms with E-state index in [4.69, 9.17) is 10.7 Å². The van der Waals surface area contributed by atoms with E-state index in [0.29, 0.717) is 12.5 Å². The zero-order valence-corrected chi connectivity index (χ0v) is 13.8. The molecule has 1 amide bonds. The van der Waals surface area contributed by atoms with E-state index in [0.717, 1.165) is 12.0 Å². The van der Waals surface area contributed by atoms with E-state index in [1.54, 1.807) is 26.1 Å². The third kappa shape index (κ3) is 4.49. The van der Waals surface area contributed by atoms with Gasteiger partial charge < -0.3 is 4.90 Å². The predicted octanol–water partition coefficient (Wildman–Crippen LogP) is 3.04. The third-order valence-corrected chi connectivity index (χ3v) is 4.40. The average Bonchev–Trinajstić information content (AvgIpc) is 2.33. The lowest BCUT2D eigenvalue weighted by Gasteiger charge is -2.19. The molecule has 0 fully saturated rings. The maximum absolute atomic E-state index is 12.4. The minimum Gasteiger partial charge on any atom is -0.342 e. The number of hydrogen-bond donors (Lipinski definition) is 0. The van der Waals surface area contributed by atoms with E-state index in [1.165, 1.54) is 11.0 Å².